The number of rotatable bonds is 17. The molecule has 2 atom stereocenters. The standard InChI is InChI=1S/C22H38N5O3PS4/c1-28-7-11-32-34-13-9-31(4,10-14-35-33-12-8-29-2)18-6-5-17(15-18)27-16-24-19-20(27)25-22(23)26-21(19)30-3/h5-6,16-18,31H,7-15H2,1-4H3,(H2,23,25,26)/t17-,18+/m0/s1. The van der Waals surface area contributed by atoms with Crippen molar-refractivity contribution in [3.63, 3.8) is 0 Å². The molecule has 2 aromatic rings. The van der Waals surface area contributed by atoms with Crippen molar-refractivity contribution in [2.24, 2.45) is 0 Å². The van der Waals surface area contributed by atoms with Crippen LogP contribution in [0.2, 0.25) is 0 Å². The van der Waals surface area contributed by atoms with Crippen LogP contribution in [0.25, 0.3) is 11.2 Å². The molecule has 0 unspecified atom stereocenters. The van der Waals surface area contributed by atoms with Crippen LogP contribution in [0.4, 0.5) is 5.95 Å². The molecule has 8 nitrogen and oxygen atoms in total. The van der Waals surface area contributed by atoms with Gasteiger partial charge < -0.3 is 0 Å². The molecule has 198 valence electrons. The summed E-state index contributed by atoms with van der Waals surface area (Å²) in [5.74, 6) is 5.11. The summed E-state index contributed by atoms with van der Waals surface area (Å²) in [5.41, 5.74) is 7.97. The molecule has 3 rings (SSSR count). The van der Waals surface area contributed by atoms with Gasteiger partial charge in [-0.2, -0.15) is 0 Å². The van der Waals surface area contributed by atoms with Gasteiger partial charge in [-0.3, -0.25) is 0 Å². The molecule has 0 saturated heterocycles. The van der Waals surface area contributed by atoms with Gasteiger partial charge in [0.25, 0.3) is 0 Å². The molecule has 2 heterocycles. The molecule has 1 aliphatic carbocycles. The van der Waals surface area contributed by atoms with E-state index in [-0.39, 0.29) is 12.0 Å². The van der Waals surface area contributed by atoms with Gasteiger partial charge in [-0.1, -0.05) is 0 Å². The number of ether oxygens (including phenoxy) is 3. The number of anilines is 1. The van der Waals surface area contributed by atoms with Crippen molar-refractivity contribution < 1.29 is 14.2 Å². The van der Waals surface area contributed by atoms with Crippen LogP contribution in [-0.4, -0.2) is 102 Å². The number of imidazole rings is 1. The molecule has 0 amide bonds. The van der Waals surface area contributed by atoms with E-state index in [2.05, 4.69) is 38.3 Å². The quantitative estimate of drug-likeness (QED) is 0.122. The second-order valence-electron chi connectivity index (χ2n) is 8.64. The van der Waals surface area contributed by atoms with Crippen LogP contribution in [-0.2, 0) is 9.47 Å². The summed E-state index contributed by atoms with van der Waals surface area (Å²) in [4.78, 5) is 13.2. The SMILES string of the molecule is COCCSSCC[PH](C)(CCSSCCOC)[C@@H]1C=C[C@H](n2cnc3c(OC)nc(N)nc32)C1. The Morgan fingerprint density at radius 3 is 2.20 bits per heavy atom. The fourth-order valence-corrected chi connectivity index (χ4v) is 15.2. The second-order valence-corrected chi connectivity index (χ2v) is 19.1. The maximum atomic E-state index is 5.94. The molecule has 0 radical (unpaired) electrons. The van der Waals surface area contributed by atoms with Crippen molar-refractivity contribution in [1.82, 2.24) is 19.5 Å². The molecule has 0 fully saturated rings. The fourth-order valence-electron chi connectivity index (χ4n) is 4.21. The van der Waals surface area contributed by atoms with Gasteiger partial charge in [0.05, 0.1) is 0 Å². The van der Waals surface area contributed by atoms with Crippen molar-refractivity contribution >= 4 is 67.6 Å². The predicted molar refractivity (Wildman–Crippen MR) is 160 cm³/mol. The van der Waals surface area contributed by atoms with Gasteiger partial charge >= 0.3 is 226 Å². The van der Waals surface area contributed by atoms with Gasteiger partial charge in [-0.25, -0.2) is 0 Å². The van der Waals surface area contributed by atoms with Crippen LogP contribution in [0, 0.1) is 0 Å². The van der Waals surface area contributed by atoms with Gasteiger partial charge in [0.1, 0.15) is 0 Å². The molecule has 2 N–H and O–H groups in total. The third-order valence-electron chi connectivity index (χ3n) is 6.33. The number of fused-ring (bicyclic) bond motifs is 1. The Hall–Kier alpha value is -0.360. The molecule has 0 aliphatic heterocycles. The molecular formula is C22H38N5O3PS4. The Labute approximate surface area is 225 Å². The third-order valence-corrected chi connectivity index (χ3v) is 16.8. The monoisotopic (exact) mass is 579 g/mol. The minimum absolute atomic E-state index is 0.208. The van der Waals surface area contributed by atoms with Crippen LogP contribution in [0.5, 0.6) is 5.88 Å². The average molecular weight is 580 g/mol. The van der Waals surface area contributed by atoms with Crippen molar-refractivity contribution in [2.75, 3.05) is 82.3 Å². The molecule has 0 spiro atoms. The zero-order valence-corrected chi connectivity index (χ0v) is 25.2. The summed E-state index contributed by atoms with van der Waals surface area (Å²) in [6.07, 6.45) is 10.4. The summed E-state index contributed by atoms with van der Waals surface area (Å²) < 4.78 is 17.9. The number of allylic oxidation sites excluding steroid dienone is 2. The van der Waals surface area contributed by atoms with E-state index >= 15 is 0 Å². The second kappa shape index (κ2) is 15.1. The molecule has 13 heteroatoms. The Morgan fingerprint density at radius 1 is 0.971 bits per heavy atom. The number of hydrogen-bond donors (Lipinski definition) is 1. The summed E-state index contributed by atoms with van der Waals surface area (Å²) in [6.45, 7) is 4.22. The van der Waals surface area contributed by atoms with Crippen LogP contribution in [0.15, 0.2) is 18.5 Å². The Kier molecular flexibility index (Phi) is 12.6. The number of nitrogens with zero attached hydrogens (tertiary/aromatic N) is 4. The van der Waals surface area contributed by atoms with E-state index in [1.165, 1.54) is 23.8 Å². The zero-order chi connectivity index (χ0) is 25.1. The molecule has 2 aromatic heterocycles. The van der Waals surface area contributed by atoms with Crippen molar-refractivity contribution in [3.05, 3.63) is 18.5 Å². The Balaban J connectivity index is 1.66. The van der Waals surface area contributed by atoms with Crippen LogP contribution < -0.4 is 10.5 Å². The summed E-state index contributed by atoms with van der Waals surface area (Å²) >= 11 is 0. The number of aromatic nitrogens is 4. The van der Waals surface area contributed by atoms with E-state index < -0.39 is 7.26 Å². The van der Waals surface area contributed by atoms with Gasteiger partial charge in [0, 0.05) is 0 Å². The minimum atomic E-state index is -1.54. The molecular weight excluding hydrogens is 542 g/mol. The first kappa shape index (κ1) is 29.2. The van der Waals surface area contributed by atoms with Crippen molar-refractivity contribution in [3.8, 4) is 5.88 Å². The topological polar surface area (TPSA) is 97.3 Å². The number of nitrogen functional groups attached to an aromatic ring is 1. The number of nitrogens with two attached hydrogens (primary N) is 1. The van der Waals surface area contributed by atoms with Crippen molar-refractivity contribution in [2.45, 2.75) is 18.1 Å². The zero-order valence-electron chi connectivity index (χ0n) is 21.0. The van der Waals surface area contributed by atoms with E-state index in [1.54, 1.807) is 21.3 Å². The number of hydrogen-bond acceptors (Lipinski definition) is 11. The molecule has 0 bridgehead atoms. The van der Waals surface area contributed by atoms with Crippen LogP contribution in [0.1, 0.15) is 12.5 Å². The van der Waals surface area contributed by atoms with Gasteiger partial charge in [-0.15, -0.1) is 0 Å². The summed E-state index contributed by atoms with van der Waals surface area (Å²) in [6, 6.07) is 0.225. The van der Waals surface area contributed by atoms with Crippen LogP contribution >= 0.6 is 50.4 Å². The van der Waals surface area contributed by atoms with Gasteiger partial charge in [0.2, 0.25) is 0 Å². The van der Waals surface area contributed by atoms with E-state index in [0.29, 0.717) is 17.1 Å². The van der Waals surface area contributed by atoms with E-state index in [0.717, 1.165) is 36.8 Å². The fraction of sp³-hybridized carbons (Fsp3) is 0.682. The first-order valence-electron chi connectivity index (χ1n) is 11.7. The Morgan fingerprint density at radius 2 is 1.60 bits per heavy atom. The average Bonchev–Trinajstić information content (AvgIpc) is 3.50. The predicted octanol–water partition coefficient (Wildman–Crippen LogP) is 4.72. The Bertz CT molecular complexity index is 935. The normalized spacial score (nSPS) is 18.5. The van der Waals surface area contributed by atoms with E-state index in [9.17, 15) is 0 Å². The molecule has 0 saturated carbocycles. The summed E-state index contributed by atoms with van der Waals surface area (Å²) in [5, 5.41) is 0. The molecule has 35 heavy (non-hydrogen) atoms. The van der Waals surface area contributed by atoms with E-state index in [4.69, 9.17) is 19.9 Å². The molecule has 1 aliphatic rings. The van der Waals surface area contributed by atoms with Gasteiger partial charge in [0.15, 0.2) is 0 Å². The summed E-state index contributed by atoms with van der Waals surface area (Å²) in [7, 11) is 11.4. The number of methoxy groups -OCH3 is 3. The molecule has 0 aromatic carbocycles. The maximum absolute atomic E-state index is 5.94. The van der Waals surface area contributed by atoms with Gasteiger partial charge in [-0.05, 0) is 0 Å². The first-order valence-corrected chi connectivity index (χ1v) is 19.7. The first-order chi connectivity index (χ1) is 17.0. The van der Waals surface area contributed by atoms with Crippen molar-refractivity contribution in [1.29, 1.82) is 0 Å². The third kappa shape index (κ3) is 8.32. The van der Waals surface area contributed by atoms with E-state index in [1.807, 2.05) is 49.5 Å². The van der Waals surface area contributed by atoms with Crippen LogP contribution in [0.3, 0.4) is 0 Å².